The molecule has 0 aliphatic carbocycles. The Morgan fingerprint density at radius 1 is 1.15 bits per heavy atom. The van der Waals surface area contributed by atoms with E-state index in [0.29, 0.717) is 5.82 Å². The Morgan fingerprint density at radius 3 is 2.73 bits per heavy atom. The molecule has 142 valence electrons. The van der Waals surface area contributed by atoms with E-state index in [1.807, 2.05) is 25.5 Å². The minimum absolute atomic E-state index is 0.0704. The zero-order chi connectivity index (χ0) is 18.7. The predicted octanol–water partition coefficient (Wildman–Crippen LogP) is 1.45. The largest absolute Gasteiger partial charge is 0.310 e. The number of amides is 1. The molecule has 1 amide bonds. The summed E-state index contributed by atoms with van der Waals surface area (Å²) in [5, 5.41) is 8.15. The summed E-state index contributed by atoms with van der Waals surface area (Å²) in [5.41, 5.74) is 0.281. The summed E-state index contributed by atoms with van der Waals surface area (Å²) in [4.78, 5) is 25.7. The number of hydrogen-bond acceptors (Lipinski definition) is 6. The van der Waals surface area contributed by atoms with Crippen molar-refractivity contribution in [1.29, 1.82) is 0 Å². The maximum atomic E-state index is 12.3. The van der Waals surface area contributed by atoms with Gasteiger partial charge in [0, 0.05) is 25.0 Å². The molecule has 2 aromatic heterocycles. The third-order valence-corrected chi connectivity index (χ3v) is 4.79. The normalized spacial score (nSPS) is 17.4. The molecule has 3 heterocycles. The molecule has 0 saturated carbocycles. The average Bonchev–Trinajstić information content (AvgIpc) is 2.88. The van der Waals surface area contributed by atoms with Gasteiger partial charge in [-0.15, -0.1) is 0 Å². The Morgan fingerprint density at radius 2 is 1.96 bits per heavy atom. The van der Waals surface area contributed by atoms with Crippen LogP contribution in [0.25, 0.3) is 11.0 Å². The number of likely N-dealkylation sites (N-methyl/N-ethyl adjacent to an activating group) is 1. The van der Waals surface area contributed by atoms with Crippen LogP contribution in [-0.4, -0.2) is 75.2 Å². The third-order valence-electron chi connectivity index (χ3n) is 4.79. The smallest absolute Gasteiger partial charge is 0.230 e. The van der Waals surface area contributed by atoms with E-state index in [9.17, 15) is 4.79 Å². The molecule has 0 radical (unpaired) electrons. The fourth-order valence-electron chi connectivity index (χ4n) is 3.01. The van der Waals surface area contributed by atoms with Gasteiger partial charge in [0.1, 0.15) is 12.1 Å². The second kappa shape index (κ2) is 7.67. The summed E-state index contributed by atoms with van der Waals surface area (Å²) in [5.74, 6) is 0.455. The number of carbonyl (C=O) groups excluding carboxylic acids is 1. The monoisotopic (exact) mass is 359 g/mol. The minimum atomic E-state index is -0.479. The topological polar surface area (TPSA) is 79.2 Å². The van der Waals surface area contributed by atoms with Gasteiger partial charge in [0.2, 0.25) is 5.91 Å². The number of fused-ring (bicyclic) bond motifs is 1. The Balaban J connectivity index is 1.71. The van der Waals surface area contributed by atoms with Crippen molar-refractivity contribution in [3.05, 3.63) is 12.5 Å². The molecule has 0 unspecified atom stereocenters. The maximum absolute atomic E-state index is 12.3. The van der Waals surface area contributed by atoms with E-state index in [1.54, 1.807) is 6.20 Å². The van der Waals surface area contributed by atoms with E-state index in [4.69, 9.17) is 0 Å². The van der Waals surface area contributed by atoms with Crippen molar-refractivity contribution in [2.45, 2.75) is 33.7 Å². The van der Waals surface area contributed by atoms with Gasteiger partial charge in [-0.05, 0) is 26.6 Å². The quantitative estimate of drug-likeness (QED) is 0.890. The van der Waals surface area contributed by atoms with Crippen LogP contribution in [0, 0.1) is 5.41 Å². The molecule has 3 rings (SSSR count). The summed E-state index contributed by atoms with van der Waals surface area (Å²) < 4.78 is 1.90. The molecular formula is C18H29N7O. The SMILES string of the molecule is CN1CCCN(CCn2ncc3c(NC(=O)C(C)(C)C)ncnc32)CC1. The maximum Gasteiger partial charge on any atom is 0.230 e. The predicted molar refractivity (Wildman–Crippen MR) is 102 cm³/mol. The van der Waals surface area contributed by atoms with Gasteiger partial charge >= 0.3 is 0 Å². The van der Waals surface area contributed by atoms with Crippen molar-refractivity contribution >= 4 is 22.8 Å². The van der Waals surface area contributed by atoms with Crippen molar-refractivity contribution in [3.8, 4) is 0 Å². The Hall–Kier alpha value is -2.06. The molecule has 1 aliphatic rings. The van der Waals surface area contributed by atoms with E-state index in [1.165, 1.54) is 12.7 Å². The highest BCUT2D eigenvalue weighted by Crippen LogP contribution is 2.22. The Kier molecular flexibility index (Phi) is 5.52. The van der Waals surface area contributed by atoms with Crippen LogP contribution in [0.5, 0.6) is 0 Å². The Bertz CT molecular complexity index is 764. The van der Waals surface area contributed by atoms with Crippen LogP contribution in [-0.2, 0) is 11.3 Å². The number of rotatable bonds is 4. The van der Waals surface area contributed by atoms with Crippen LogP contribution < -0.4 is 5.32 Å². The zero-order valence-electron chi connectivity index (χ0n) is 16.2. The van der Waals surface area contributed by atoms with E-state index in [2.05, 4.69) is 37.2 Å². The molecule has 0 spiro atoms. The van der Waals surface area contributed by atoms with E-state index in [0.717, 1.165) is 50.3 Å². The summed E-state index contributed by atoms with van der Waals surface area (Å²) in [6, 6.07) is 0. The standard InChI is InChI=1S/C18H29N7O/c1-18(2,3)17(26)22-15-14-12-21-25(16(14)20-13-19-15)11-10-24-7-5-6-23(4)8-9-24/h12-13H,5-11H2,1-4H3,(H,19,20,22,26). The molecular weight excluding hydrogens is 330 g/mol. The van der Waals surface area contributed by atoms with Crippen molar-refractivity contribution in [2.75, 3.05) is 45.1 Å². The molecule has 8 heteroatoms. The molecule has 2 aromatic rings. The van der Waals surface area contributed by atoms with Gasteiger partial charge in [-0.25, -0.2) is 14.6 Å². The molecule has 0 bridgehead atoms. The second-order valence-corrected chi connectivity index (χ2v) is 8.03. The summed E-state index contributed by atoms with van der Waals surface area (Å²) in [6.07, 6.45) is 4.42. The first-order valence-corrected chi connectivity index (χ1v) is 9.23. The first-order chi connectivity index (χ1) is 12.3. The zero-order valence-corrected chi connectivity index (χ0v) is 16.2. The average molecular weight is 359 g/mol. The van der Waals surface area contributed by atoms with Gasteiger partial charge in [-0.2, -0.15) is 5.10 Å². The molecule has 8 nitrogen and oxygen atoms in total. The van der Waals surface area contributed by atoms with Crippen LogP contribution in [0.2, 0.25) is 0 Å². The third kappa shape index (κ3) is 4.37. The van der Waals surface area contributed by atoms with Crippen LogP contribution in [0.4, 0.5) is 5.82 Å². The van der Waals surface area contributed by atoms with E-state index in [-0.39, 0.29) is 5.91 Å². The van der Waals surface area contributed by atoms with Crippen molar-refractivity contribution < 1.29 is 4.79 Å². The fraction of sp³-hybridized carbons (Fsp3) is 0.667. The second-order valence-electron chi connectivity index (χ2n) is 8.03. The highest BCUT2D eigenvalue weighted by molar-refractivity contribution is 6.00. The molecule has 0 atom stereocenters. The molecule has 1 aliphatic heterocycles. The number of carbonyl (C=O) groups is 1. The van der Waals surface area contributed by atoms with Crippen LogP contribution in [0.3, 0.4) is 0 Å². The lowest BCUT2D eigenvalue weighted by atomic mass is 9.96. The number of hydrogen-bond donors (Lipinski definition) is 1. The lowest BCUT2D eigenvalue weighted by molar-refractivity contribution is -0.123. The lowest BCUT2D eigenvalue weighted by Gasteiger charge is -2.20. The summed E-state index contributed by atoms with van der Waals surface area (Å²) >= 11 is 0. The molecule has 1 saturated heterocycles. The van der Waals surface area contributed by atoms with Gasteiger partial charge in [0.25, 0.3) is 0 Å². The van der Waals surface area contributed by atoms with Crippen LogP contribution in [0.15, 0.2) is 12.5 Å². The molecule has 1 N–H and O–H groups in total. The lowest BCUT2D eigenvalue weighted by Crippen LogP contribution is -2.31. The number of anilines is 1. The van der Waals surface area contributed by atoms with E-state index >= 15 is 0 Å². The van der Waals surface area contributed by atoms with Gasteiger partial charge in [-0.1, -0.05) is 20.8 Å². The molecule has 0 aromatic carbocycles. The van der Waals surface area contributed by atoms with Crippen molar-refractivity contribution in [1.82, 2.24) is 29.5 Å². The highest BCUT2D eigenvalue weighted by Gasteiger charge is 2.23. The fourth-order valence-corrected chi connectivity index (χ4v) is 3.01. The molecule has 26 heavy (non-hydrogen) atoms. The first-order valence-electron chi connectivity index (χ1n) is 9.23. The summed E-state index contributed by atoms with van der Waals surface area (Å²) in [7, 11) is 2.18. The Labute approximate surface area is 154 Å². The van der Waals surface area contributed by atoms with Crippen molar-refractivity contribution in [2.24, 2.45) is 5.41 Å². The summed E-state index contributed by atoms with van der Waals surface area (Å²) in [6.45, 7) is 11.8. The minimum Gasteiger partial charge on any atom is -0.310 e. The molecule has 1 fully saturated rings. The van der Waals surface area contributed by atoms with Gasteiger partial charge in [-0.3, -0.25) is 4.79 Å². The first kappa shape index (κ1) is 18.7. The van der Waals surface area contributed by atoms with Gasteiger partial charge in [0.05, 0.1) is 18.1 Å². The van der Waals surface area contributed by atoms with Crippen LogP contribution in [0.1, 0.15) is 27.2 Å². The number of aromatic nitrogens is 4. The number of nitrogens with one attached hydrogen (secondary N) is 1. The van der Waals surface area contributed by atoms with E-state index < -0.39 is 5.41 Å². The van der Waals surface area contributed by atoms with Crippen LogP contribution >= 0.6 is 0 Å². The van der Waals surface area contributed by atoms with Gasteiger partial charge < -0.3 is 15.1 Å². The highest BCUT2D eigenvalue weighted by atomic mass is 16.2. The van der Waals surface area contributed by atoms with Gasteiger partial charge in [0.15, 0.2) is 5.65 Å². The number of nitrogens with zero attached hydrogens (tertiary/aromatic N) is 6. The van der Waals surface area contributed by atoms with Crippen molar-refractivity contribution in [3.63, 3.8) is 0 Å².